The van der Waals surface area contributed by atoms with Gasteiger partial charge in [-0.3, -0.25) is 19.4 Å². The number of nitrogens with one attached hydrogen (secondary N) is 2. The number of ketones is 1. The van der Waals surface area contributed by atoms with Crippen molar-refractivity contribution < 1.29 is 19.1 Å². The average molecular weight is 600 g/mol. The minimum absolute atomic E-state index is 0.131. The summed E-state index contributed by atoms with van der Waals surface area (Å²) in [6.07, 6.45) is 0.447. The molecule has 0 aliphatic carbocycles. The number of hydrogen-bond acceptors (Lipinski definition) is 6. The lowest BCUT2D eigenvalue weighted by Crippen LogP contribution is -2.57. The largest absolute Gasteiger partial charge is 0.494 e. The number of ether oxygens (including phenoxy) is 1. The first-order valence-electron chi connectivity index (χ1n) is 13.5. The Labute approximate surface area is 251 Å². The van der Waals surface area contributed by atoms with Crippen molar-refractivity contribution in [3.05, 3.63) is 99.0 Å². The molecule has 0 spiro atoms. The van der Waals surface area contributed by atoms with Gasteiger partial charge < -0.3 is 15.8 Å². The summed E-state index contributed by atoms with van der Waals surface area (Å²) in [5.41, 5.74) is 12.0. The van der Waals surface area contributed by atoms with E-state index < -0.39 is 6.04 Å². The van der Waals surface area contributed by atoms with E-state index in [0.717, 1.165) is 22.4 Å². The molecule has 2 amide bonds. The highest BCUT2D eigenvalue weighted by molar-refractivity contribution is 6.42. The fraction of sp³-hybridized carbons (Fsp3) is 0.323. The summed E-state index contributed by atoms with van der Waals surface area (Å²) in [7, 11) is 0. The molecule has 0 fully saturated rings. The van der Waals surface area contributed by atoms with Crippen molar-refractivity contribution in [2.24, 2.45) is 5.73 Å². The summed E-state index contributed by atoms with van der Waals surface area (Å²) in [4.78, 5) is 39.5. The molecule has 0 aromatic heterocycles. The van der Waals surface area contributed by atoms with Crippen LogP contribution < -0.4 is 21.2 Å². The van der Waals surface area contributed by atoms with Gasteiger partial charge in [-0.2, -0.15) is 0 Å². The van der Waals surface area contributed by atoms with Gasteiger partial charge in [0.15, 0.2) is 5.78 Å². The van der Waals surface area contributed by atoms with Gasteiger partial charge in [-0.1, -0.05) is 72.6 Å². The molecule has 1 atom stereocenters. The summed E-state index contributed by atoms with van der Waals surface area (Å²) >= 11 is 12.3. The van der Waals surface area contributed by atoms with Gasteiger partial charge >= 0.3 is 0 Å². The average Bonchev–Trinajstić information content (AvgIpc) is 2.98. The summed E-state index contributed by atoms with van der Waals surface area (Å²) < 4.78 is 5.45. The van der Waals surface area contributed by atoms with Crippen LogP contribution in [0.1, 0.15) is 42.5 Å². The summed E-state index contributed by atoms with van der Waals surface area (Å²) in [6.45, 7) is 4.71. The number of Topliss-reactive ketones (excluding diaryl/α,β-unsaturated/α-hetero) is 1. The number of benzene rings is 3. The SMILES string of the molecule is CCOc1ccc(CC(=O)CNN(C(=O)CC)[C@@H](Cc2ccc(Cl)c(Cl)c2)C(=O)NCc2ccc(CN)cc2)cc1. The number of hydrogen-bond donors (Lipinski definition) is 3. The Balaban J connectivity index is 1.76. The number of hydrazine groups is 1. The van der Waals surface area contributed by atoms with E-state index in [0.29, 0.717) is 28.8 Å². The Morgan fingerprint density at radius 1 is 0.878 bits per heavy atom. The summed E-state index contributed by atoms with van der Waals surface area (Å²) in [6, 6.07) is 19.0. The van der Waals surface area contributed by atoms with Crippen LogP contribution in [0.25, 0.3) is 0 Å². The zero-order chi connectivity index (χ0) is 29.8. The van der Waals surface area contributed by atoms with Crippen LogP contribution in [0.15, 0.2) is 66.7 Å². The van der Waals surface area contributed by atoms with E-state index in [1.54, 1.807) is 25.1 Å². The van der Waals surface area contributed by atoms with Crippen LogP contribution in [0.4, 0.5) is 0 Å². The van der Waals surface area contributed by atoms with Crippen LogP contribution in [0.5, 0.6) is 5.75 Å². The fourth-order valence-electron chi connectivity index (χ4n) is 4.17. The predicted molar refractivity (Wildman–Crippen MR) is 162 cm³/mol. The molecule has 3 aromatic rings. The molecule has 0 heterocycles. The number of carbonyl (C=O) groups excluding carboxylic acids is 3. The smallest absolute Gasteiger partial charge is 0.245 e. The van der Waals surface area contributed by atoms with Gasteiger partial charge in [0.2, 0.25) is 11.8 Å². The number of nitrogens with two attached hydrogens (primary N) is 1. The van der Waals surface area contributed by atoms with Crippen molar-refractivity contribution in [1.82, 2.24) is 15.8 Å². The van der Waals surface area contributed by atoms with Crippen LogP contribution in [0.3, 0.4) is 0 Å². The maximum absolute atomic E-state index is 13.6. The molecule has 0 aliphatic rings. The number of rotatable bonds is 15. The molecule has 0 aliphatic heterocycles. The first-order chi connectivity index (χ1) is 19.7. The minimum Gasteiger partial charge on any atom is -0.494 e. The summed E-state index contributed by atoms with van der Waals surface area (Å²) in [5.74, 6) is -0.122. The highest BCUT2D eigenvalue weighted by Crippen LogP contribution is 2.24. The van der Waals surface area contributed by atoms with Crippen molar-refractivity contribution in [2.45, 2.75) is 52.2 Å². The third-order valence-corrected chi connectivity index (χ3v) is 7.15. The maximum atomic E-state index is 13.6. The lowest BCUT2D eigenvalue weighted by molar-refractivity contribution is -0.144. The third kappa shape index (κ3) is 9.86. The van der Waals surface area contributed by atoms with Crippen LogP contribution >= 0.6 is 23.2 Å². The molecule has 0 radical (unpaired) electrons. The quantitative estimate of drug-likeness (QED) is 0.220. The molecule has 218 valence electrons. The molecule has 3 aromatic carbocycles. The molecule has 0 bridgehead atoms. The molecular weight excluding hydrogens is 563 g/mol. The van der Waals surface area contributed by atoms with E-state index in [4.69, 9.17) is 33.7 Å². The summed E-state index contributed by atoms with van der Waals surface area (Å²) in [5, 5.41) is 4.91. The van der Waals surface area contributed by atoms with Gasteiger partial charge in [-0.25, -0.2) is 5.43 Å². The molecule has 4 N–H and O–H groups in total. The first-order valence-corrected chi connectivity index (χ1v) is 14.3. The third-order valence-electron chi connectivity index (χ3n) is 6.41. The number of carbonyl (C=O) groups is 3. The van der Waals surface area contributed by atoms with Crippen molar-refractivity contribution in [3.63, 3.8) is 0 Å². The van der Waals surface area contributed by atoms with Crippen LogP contribution in [0, 0.1) is 0 Å². The van der Waals surface area contributed by atoms with Gasteiger partial charge in [-0.15, -0.1) is 0 Å². The van der Waals surface area contributed by atoms with Gasteiger partial charge in [0, 0.05) is 32.4 Å². The molecule has 10 heteroatoms. The van der Waals surface area contributed by atoms with E-state index in [1.165, 1.54) is 5.01 Å². The van der Waals surface area contributed by atoms with Crippen LogP contribution in [-0.2, 0) is 40.3 Å². The standard InChI is InChI=1S/C31H36Cl2N4O4/c1-3-30(39)37(36-20-25(38)15-21-9-12-26(13-10-21)41-4-2)29(17-24-11-14-27(32)28(33)16-24)31(40)35-19-23-7-5-22(18-34)6-8-23/h5-14,16,29,36H,3-4,15,17-20,34H2,1-2H3,(H,35,40)/t29-/m0/s1. The zero-order valence-electron chi connectivity index (χ0n) is 23.3. The van der Waals surface area contributed by atoms with Crippen LogP contribution in [-0.4, -0.2) is 41.8 Å². The lowest BCUT2D eigenvalue weighted by Gasteiger charge is -2.31. The Morgan fingerprint density at radius 2 is 1.51 bits per heavy atom. The highest BCUT2D eigenvalue weighted by atomic mass is 35.5. The van der Waals surface area contributed by atoms with E-state index in [9.17, 15) is 14.4 Å². The Bertz CT molecular complexity index is 1320. The molecule has 41 heavy (non-hydrogen) atoms. The van der Waals surface area contributed by atoms with Crippen LogP contribution in [0.2, 0.25) is 10.0 Å². The van der Waals surface area contributed by atoms with Crippen molar-refractivity contribution in [1.29, 1.82) is 0 Å². The van der Waals surface area contributed by atoms with Gasteiger partial charge in [0.1, 0.15) is 11.8 Å². The highest BCUT2D eigenvalue weighted by Gasteiger charge is 2.30. The topological polar surface area (TPSA) is 114 Å². The number of nitrogens with zero attached hydrogens (tertiary/aromatic N) is 1. The molecule has 0 saturated carbocycles. The van der Waals surface area contributed by atoms with Gasteiger partial charge in [0.25, 0.3) is 0 Å². The molecule has 0 unspecified atom stereocenters. The van der Waals surface area contributed by atoms with Crippen molar-refractivity contribution in [2.75, 3.05) is 13.2 Å². The van der Waals surface area contributed by atoms with Crippen molar-refractivity contribution >= 4 is 40.8 Å². The normalized spacial score (nSPS) is 11.5. The maximum Gasteiger partial charge on any atom is 0.245 e. The molecular formula is C31H36Cl2N4O4. The van der Waals surface area contributed by atoms with E-state index in [-0.39, 0.29) is 49.9 Å². The molecule has 0 saturated heterocycles. The Hall–Kier alpha value is -3.43. The Kier molecular flexibility index (Phi) is 12.6. The predicted octanol–water partition coefficient (Wildman–Crippen LogP) is 4.63. The minimum atomic E-state index is -0.957. The molecule has 8 nitrogen and oxygen atoms in total. The van der Waals surface area contributed by atoms with Crippen molar-refractivity contribution in [3.8, 4) is 5.75 Å². The van der Waals surface area contributed by atoms with Gasteiger partial charge in [-0.05, 0) is 53.4 Å². The number of halogens is 2. The first kappa shape index (κ1) is 32.1. The monoisotopic (exact) mass is 598 g/mol. The van der Waals surface area contributed by atoms with Gasteiger partial charge in [0.05, 0.1) is 23.2 Å². The lowest BCUT2D eigenvalue weighted by atomic mass is 10.0. The second kappa shape index (κ2) is 16.1. The molecule has 3 rings (SSSR count). The van der Waals surface area contributed by atoms with E-state index in [2.05, 4.69) is 10.7 Å². The zero-order valence-corrected chi connectivity index (χ0v) is 24.8. The second-order valence-corrected chi connectivity index (χ2v) is 10.3. The van der Waals surface area contributed by atoms with E-state index >= 15 is 0 Å². The Morgan fingerprint density at radius 3 is 2.12 bits per heavy atom. The number of amides is 2. The second-order valence-electron chi connectivity index (χ2n) is 9.45. The van der Waals surface area contributed by atoms with E-state index in [1.807, 2.05) is 55.5 Å². The fourth-order valence-corrected chi connectivity index (χ4v) is 4.49.